The van der Waals surface area contributed by atoms with Gasteiger partial charge in [0.25, 0.3) is 0 Å². The smallest absolute Gasteiger partial charge is 0.0604 e. The summed E-state index contributed by atoms with van der Waals surface area (Å²) in [6, 6.07) is 0.741. The van der Waals surface area contributed by atoms with Gasteiger partial charge >= 0.3 is 0 Å². The van der Waals surface area contributed by atoms with E-state index in [4.69, 9.17) is 4.74 Å². The molecule has 0 amide bonds. The minimum atomic E-state index is 0.556. The van der Waals surface area contributed by atoms with Crippen molar-refractivity contribution in [3.05, 3.63) is 0 Å². The van der Waals surface area contributed by atoms with E-state index in [1.165, 1.54) is 51.4 Å². The van der Waals surface area contributed by atoms with E-state index < -0.39 is 0 Å². The highest BCUT2D eigenvalue weighted by molar-refractivity contribution is 4.85. The maximum atomic E-state index is 5.83. The molecule has 1 aliphatic rings. The lowest BCUT2D eigenvalue weighted by Crippen LogP contribution is -2.45. The van der Waals surface area contributed by atoms with Gasteiger partial charge in [-0.05, 0) is 32.2 Å². The van der Waals surface area contributed by atoms with E-state index >= 15 is 0 Å². The molecule has 2 heteroatoms. The van der Waals surface area contributed by atoms with E-state index in [1.807, 2.05) is 0 Å². The molecule has 0 aromatic carbocycles. The fourth-order valence-corrected chi connectivity index (χ4v) is 2.17. The van der Waals surface area contributed by atoms with Crippen LogP contribution in [0.15, 0.2) is 0 Å². The molecular weight excluding hydrogens is 198 g/mol. The van der Waals surface area contributed by atoms with Crippen LogP contribution >= 0.6 is 0 Å². The SMILES string of the molecule is CCCCCCCOC1CC(NCCC)C1. The normalized spacial score (nSPS) is 24.4. The summed E-state index contributed by atoms with van der Waals surface area (Å²) >= 11 is 0. The van der Waals surface area contributed by atoms with Gasteiger partial charge < -0.3 is 10.1 Å². The maximum absolute atomic E-state index is 5.83. The molecule has 1 aliphatic carbocycles. The molecule has 1 saturated carbocycles. The molecule has 0 aliphatic heterocycles. The molecule has 0 radical (unpaired) electrons. The Balaban J connectivity index is 1.79. The van der Waals surface area contributed by atoms with Gasteiger partial charge in [0.15, 0.2) is 0 Å². The third kappa shape index (κ3) is 5.86. The maximum Gasteiger partial charge on any atom is 0.0604 e. The summed E-state index contributed by atoms with van der Waals surface area (Å²) in [5.74, 6) is 0. The predicted octanol–water partition coefficient (Wildman–Crippen LogP) is 3.50. The van der Waals surface area contributed by atoms with Crippen LogP contribution in [0.3, 0.4) is 0 Å². The second-order valence-corrected chi connectivity index (χ2v) is 5.03. The van der Waals surface area contributed by atoms with Crippen LogP contribution < -0.4 is 5.32 Å². The second kappa shape index (κ2) is 9.00. The van der Waals surface area contributed by atoms with Gasteiger partial charge in [-0.25, -0.2) is 0 Å². The topological polar surface area (TPSA) is 21.3 Å². The molecule has 1 fully saturated rings. The standard InChI is InChI=1S/C14H29NO/c1-3-5-6-7-8-10-16-14-11-13(12-14)15-9-4-2/h13-15H,3-12H2,1-2H3. The lowest BCUT2D eigenvalue weighted by atomic mass is 9.89. The van der Waals surface area contributed by atoms with Crippen molar-refractivity contribution in [3.8, 4) is 0 Å². The summed E-state index contributed by atoms with van der Waals surface area (Å²) in [5.41, 5.74) is 0. The minimum absolute atomic E-state index is 0.556. The van der Waals surface area contributed by atoms with Crippen LogP contribution in [0.2, 0.25) is 0 Å². The predicted molar refractivity (Wildman–Crippen MR) is 69.8 cm³/mol. The van der Waals surface area contributed by atoms with Gasteiger partial charge in [0.2, 0.25) is 0 Å². The Morgan fingerprint density at radius 1 is 1.00 bits per heavy atom. The minimum Gasteiger partial charge on any atom is -0.378 e. The zero-order chi connectivity index (χ0) is 11.6. The number of unbranched alkanes of at least 4 members (excludes halogenated alkanes) is 4. The molecule has 2 nitrogen and oxygen atoms in total. The lowest BCUT2D eigenvalue weighted by molar-refractivity contribution is -0.0177. The number of ether oxygens (including phenoxy) is 1. The molecule has 1 rings (SSSR count). The van der Waals surface area contributed by atoms with Gasteiger partial charge in [0.05, 0.1) is 6.10 Å². The van der Waals surface area contributed by atoms with Crippen molar-refractivity contribution < 1.29 is 4.74 Å². The Hall–Kier alpha value is -0.0800. The zero-order valence-electron chi connectivity index (χ0n) is 11.1. The van der Waals surface area contributed by atoms with Gasteiger partial charge in [-0.15, -0.1) is 0 Å². The average molecular weight is 227 g/mol. The molecule has 0 aromatic rings. The molecule has 96 valence electrons. The van der Waals surface area contributed by atoms with Crippen LogP contribution in [0.25, 0.3) is 0 Å². The summed E-state index contributed by atoms with van der Waals surface area (Å²) < 4.78 is 5.83. The van der Waals surface area contributed by atoms with E-state index in [0.717, 1.165) is 19.2 Å². The molecule has 16 heavy (non-hydrogen) atoms. The van der Waals surface area contributed by atoms with E-state index in [1.54, 1.807) is 0 Å². The zero-order valence-corrected chi connectivity index (χ0v) is 11.1. The lowest BCUT2D eigenvalue weighted by Gasteiger charge is -2.35. The largest absolute Gasteiger partial charge is 0.378 e. The number of rotatable bonds is 10. The molecule has 0 bridgehead atoms. The molecule has 0 heterocycles. The van der Waals surface area contributed by atoms with Crippen LogP contribution in [0.5, 0.6) is 0 Å². The molecule has 0 spiro atoms. The second-order valence-electron chi connectivity index (χ2n) is 5.03. The highest BCUT2D eigenvalue weighted by Crippen LogP contribution is 2.23. The quantitative estimate of drug-likeness (QED) is 0.577. The van der Waals surface area contributed by atoms with Gasteiger partial charge in [-0.2, -0.15) is 0 Å². The van der Waals surface area contributed by atoms with E-state index in [2.05, 4.69) is 19.2 Å². The first-order valence-corrected chi connectivity index (χ1v) is 7.21. The first-order chi connectivity index (χ1) is 7.86. The van der Waals surface area contributed by atoms with Crippen LogP contribution in [-0.4, -0.2) is 25.3 Å². The Labute approximate surface area is 101 Å². The Morgan fingerprint density at radius 3 is 2.44 bits per heavy atom. The summed E-state index contributed by atoms with van der Waals surface area (Å²) in [7, 11) is 0. The van der Waals surface area contributed by atoms with Crippen LogP contribution in [0.1, 0.15) is 65.2 Å². The number of nitrogens with one attached hydrogen (secondary N) is 1. The molecule has 0 unspecified atom stereocenters. The van der Waals surface area contributed by atoms with Crippen molar-refractivity contribution in [2.45, 2.75) is 77.4 Å². The van der Waals surface area contributed by atoms with Gasteiger partial charge in [0.1, 0.15) is 0 Å². The van der Waals surface area contributed by atoms with Crippen molar-refractivity contribution in [2.75, 3.05) is 13.2 Å². The highest BCUT2D eigenvalue weighted by Gasteiger charge is 2.28. The van der Waals surface area contributed by atoms with Crippen molar-refractivity contribution in [2.24, 2.45) is 0 Å². The van der Waals surface area contributed by atoms with E-state index in [-0.39, 0.29) is 0 Å². The van der Waals surface area contributed by atoms with Gasteiger partial charge in [0, 0.05) is 12.6 Å². The fraction of sp³-hybridized carbons (Fsp3) is 1.00. The Bertz CT molecular complexity index is 155. The first-order valence-electron chi connectivity index (χ1n) is 7.21. The van der Waals surface area contributed by atoms with Gasteiger partial charge in [-0.3, -0.25) is 0 Å². The monoisotopic (exact) mass is 227 g/mol. The highest BCUT2D eigenvalue weighted by atomic mass is 16.5. The van der Waals surface area contributed by atoms with Crippen molar-refractivity contribution in [1.29, 1.82) is 0 Å². The molecular formula is C14H29NO. The van der Waals surface area contributed by atoms with Crippen LogP contribution in [0, 0.1) is 0 Å². The van der Waals surface area contributed by atoms with Crippen LogP contribution in [-0.2, 0) is 4.74 Å². The van der Waals surface area contributed by atoms with Crippen molar-refractivity contribution in [3.63, 3.8) is 0 Å². The third-order valence-electron chi connectivity index (χ3n) is 3.38. The van der Waals surface area contributed by atoms with Crippen molar-refractivity contribution in [1.82, 2.24) is 5.32 Å². The Kier molecular flexibility index (Phi) is 7.87. The summed E-state index contributed by atoms with van der Waals surface area (Å²) in [4.78, 5) is 0. The summed E-state index contributed by atoms with van der Waals surface area (Å²) in [6.07, 6.45) is 10.9. The van der Waals surface area contributed by atoms with Crippen molar-refractivity contribution >= 4 is 0 Å². The summed E-state index contributed by atoms with van der Waals surface area (Å²) in [6.45, 7) is 6.62. The molecule has 0 atom stereocenters. The Morgan fingerprint density at radius 2 is 1.75 bits per heavy atom. The molecule has 1 N–H and O–H groups in total. The molecule has 0 saturated heterocycles. The van der Waals surface area contributed by atoms with Gasteiger partial charge in [-0.1, -0.05) is 39.5 Å². The first kappa shape index (κ1) is 14.0. The fourth-order valence-electron chi connectivity index (χ4n) is 2.17. The third-order valence-corrected chi connectivity index (χ3v) is 3.38. The molecule has 0 aromatic heterocycles. The van der Waals surface area contributed by atoms with Crippen LogP contribution in [0.4, 0.5) is 0 Å². The average Bonchev–Trinajstić information content (AvgIpc) is 2.24. The van der Waals surface area contributed by atoms with E-state index in [9.17, 15) is 0 Å². The summed E-state index contributed by atoms with van der Waals surface area (Å²) in [5, 5.41) is 3.54. The number of hydrogen-bond acceptors (Lipinski definition) is 2. The number of hydrogen-bond donors (Lipinski definition) is 1. The van der Waals surface area contributed by atoms with E-state index in [0.29, 0.717) is 6.10 Å².